The van der Waals surface area contributed by atoms with Gasteiger partial charge < -0.3 is 5.32 Å². The molecule has 82 valence electrons. The molecule has 0 saturated heterocycles. The highest BCUT2D eigenvalue weighted by atomic mass is 19.1. The first-order chi connectivity index (χ1) is 7.13. The number of nitrogens with one attached hydrogen (secondary N) is 1. The molecule has 1 aromatic rings. The van der Waals surface area contributed by atoms with Crippen molar-refractivity contribution in [3.8, 4) is 0 Å². The van der Waals surface area contributed by atoms with Crippen molar-refractivity contribution in [3.05, 3.63) is 35.1 Å². The Morgan fingerprint density at radius 2 is 2.13 bits per heavy atom. The summed E-state index contributed by atoms with van der Waals surface area (Å²) < 4.78 is 13.0. The van der Waals surface area contributed by atoms with Crippen molar-refractivity contribution in [2.24, 2.45) is 0 Å². The van der Waals surface area contributed by atoms with E-state index >= 15 is 0 Å². The first-order valence-electron chi connectivity index (χ1n) is 5.14. The Morgan fingerprint density at radius 3 is 2.73 bits per heavy atom. The summed E-state index contributed by atoms with van der Waals surface area (Å²) in [6.07, 6.45) is 0.413. The van der Waals surface area contributed by atoms with Gasteiger partial charge in [0, 0.05) is 18.5 Å². The van der Waals surface area contributed by atoms with Crippen molar-refractivity contribution in [2.45, 2.75) is 20.3 Å². The predicted octanol–water partition coefficient (Wildman–Crippen LogP) is 2.32. The van der Waals surface area contributed by atoms with E-state index in [1.807, 2.05) is 6.92 Å². The van der Waals surface area contributed by atoms with E-state index in [0.29, 0.717) is 18.5 Å². The van der Waals surface area contributed by atoms with Crippen LogP contribution in [0.15, 0.2) is 18.2 Å². The van der Waals surface area contributed by atoms with Gasteiger partial charge in [-0.25, -0.2) is 4.39 Å². The molecule has 15 heavy (non-hydrogen) atoms. The topological polar surface area (TPSA) is 29.1 Å². The second kappa shape index (κ2) is 5.61. The lowest BCUT2D eigenvalue weighted by Gasteiger charge is -2.03. The van der Waals surface area contributed by atoms with Crippen LogP contribution in [0.2, 0.25) is 0 Å². The number of carbonyl (C=O) groups is 1. The maximum atomic E-state index is 13.0. The van der Waals surface area contributed by atoms with Gasteiger partial charge >= 0.3 is 0 Å². The highest BCUT2D eigenvalue weighted by Crippen LogP contribution is 2.10. The van der Waals surface area contributed by atoms with Gasteiger partial charge in [0.1, 0.15) is 5.82 Å². The van der Waals surface area contributed by atoms with E-state index in [9.17, 15) is 9.18 Å². The van der Waals surface area contributed by atoms with Crippen molar-refractivity contribution in [1.29, 1.82) is 0 Å². The van der Waals surface area contributed by atoms with Crippen molar-refractivity contribution in [3.63, 3.8) is 0 Å². The van der Waals surface area contributed by atoms with Crippen LogP contribution in [0.5, 0.6) is 0 Å². The molecule has 0 spiro atoms. The van der Waals surface area contributed by atoms with Gasteiger partial charge in [-0.3, -0.25) is 4.79 Å². The van der Waals surface area contributed by atoms with Gasteiger partial charge in [0.05, 0.1) is 0 Å². The van der Waals surface area contributed by atoms with E-state index in [2.05, 4.69) is 5.32 Å². The molecule has 0 saturated carbocycles. The molecule has 1 aromatic carbocycles. The molecule has 0 aliphatic heterocycles. The average Bonchev–Trinajstić information content (AvgIpc) is 2.16. The molecule has 0 fully saturated rings. The molecule has 2 nitrogen and oxygen atoms in total. The fourth-order valence-corrected chi connectivity index (χ4v) is 1.42. The van der Waals surface area contributed by atoms with Crippen molar-refractivity contribution >= 4 is 5.78 Å². The molecule has 0 aliphatic rings. The first-order valence-corrected chi connectivity index (χ1v) is 5.14. The summed E-state index contributed by atoms with van der Waals surface area (Å²) in [6, 6.07) is 4.43. The second-order valence-corrected chi connectivity index (χ2v) is 3.54. The normalized spacial score (nSPS) is 10.3. The Balaban J connectivity index is 2.65. The molecule has 0 amide bonds. The number of hydrogen-bond acceptors (Lipinski definition) is 2. The number of hydrogen-bond donors (Lipinski definition) is 1. The summed E-state index contributed by atoms with van der Waals surface area (Å²) in [6.45, 7) is 5.25. The standard InChI is InChI=1S/C12H16FNO/c1-3-14-5-4-12(15)10-6-9(2)7-11(13)8-10/h6-8,14H,3-5H2,1-2H3. The van der Waals surface area contributed by atoms with Crippen LogP contribution in [-0.2, 0) is 0 Å². The van der Waals surface area contributed by atoms with Gasteiger partial charge in [-0.1, -0.05) is 6.92 Å². The summed E-state index contributed by atoms with van der Waals surface area (Å²) >= 11 is 0. The van der Waals surface area contributed by atoms with E-state index in [-0.39, 0.29) is 11.6 Å². The van der Waals surface area contributed by atoms with Gasteiger partial charge in [-0.05, 0) is 37.2 Å². The zero-order chi connectivity index (χ0) is 11.3. The highest BCUT2D eigenvalue weighted by molar-refractivity contribution is 5.96. The number of carbonyl (C=O) groups excluding carboxylic acids is 1. The fourth-order valence-electron chi connectivity index (χ4n) is 1.42. The molecular formula is C12H16FNO. The monoisotopic (exact) mass is 209 g/mol. The van der Waals surface area contributed by atoms with Crippen molar-refractivity contribution < 1.29 is 9.18 Å². The van der Waals surface area contributed by atoms with Gasteiger partial charge in [0.25, 0.3) is 0 Å². The van der Waals surface area contributed by atoms with E-state index in [1.165, 1.54) is 12.1 Å². The SMILES string of the molecule is CCNCCC(=O)c1cc(C)cc(F)c1. The quantitative estimate of drug-likeness (QED) is 0.595. The number of aryl methyl sites for hydroxylation is 1. The number of Topliss-reactive ketones (excluding diaryl/α,β-unsaturated/α-hetero) is 1. The van der Waals surface area contributed by atoms with Crippen LogP contribution in [-0.4, -0.2) is 18.9 Å². The van der Waals surface area contributed by atoms with Gasteiger partial charge in [-0.15, -0.1) is 0 Å². The zero-order valence-corrected chi connectivity index (χ0v) is 9.14. The van der Waals surface area contributed by atoms with Gasteiger partial charge in [0.2, 0.25) is 0 Å². The Morgan fingerprint density at radius 1 is 1.40 bits per heavy atom. The molecule has 0 aromatic heterocycles. The molecule has 0 bridgehead atoms. The molecule has 0 unspecified atom stereocenters. The Labute approximate surface area is 89.5 Å². The molecule has 0 aliphatic carbocycles. The maximum Gasteiger partial charge on any atom is 0.164 e. The lowest BCUT2D eigenvalue weighted by molar-refractivity contribution is 0.0982. The van der Waals surface area contributed by atoms with Crippen molar-refractivity contribution in [1.82, 2.24) is 5.32 Å². The van der Waals surface area contributed by atoms with Crippen molar-refractivity contribution in [2.75, 3.05) is 13.1 Å². The Bertz CT molecular complexity index is 329. The van der Waals surface area contributed by atoms with Crippen LogP contribution in [0, 0.1) is 12.7 Å². The van der Waals surface area contributed by atoms with Crippen LogP contribution >= 0.6 is 0 Å². The number of ketones is 1. The smallest absolute Gasteiger partial charge is 0.164 e. The molecule has 0 radical (unpaired) electrons. The van der Waals surface area contributed by atoms with Crippen LogP contribution in [0.3, 0.4) is 0 Å². The van der Waals surface area contributed by atoms with Crippen LogP contribution in [0.25, 0.3) is 0 Å². The second-order valence-electron chi connectivity index (χ2n) is 3.54. The first kappa shape index (κ1) is 11.9. The number of halogens is 1. The summed E-state index contributed by atoms with van der Waals surface area (Å²) in [5.41, 5.74) is 1.24. The highest BCUT2D eigenvalue weighted by Gasteiger charge is 2.07. The van der Waals surface area contributed by atoms with Crippen LogP contribution in [0.1, 0.15) is 29.3 Å². The zero-order valence-electron chi connectivity index (χ0n) is 9.14. The van der Waals surface area contributed by atoms with E-state index in [4.69, 9.17) is 0 Å². The minimum atomic E-state index is -0.346. The lowest BCUT2D eigenvalue weighted by Crippen LogP contribution is -2.17. The minimum Gasteiger partial charge on any atom is -0.317 e. The molecule has 0 heterocycles. The van der Waals surface area contributed by atoms with E-state index < -0.39 is 0 Å². The van der Waals surface area contributed by atoms with E-state index in [1.54, 1.807) is 13.0 Å². The summed E-state index contributed by atoms with van der Waals surface area (Å²) in [7, 11) is 0. The third-order valence-electron chi connectivity index (χ3n) is 2.14. The minimum absolute atomic E-state index is 0.0152. The summed E-state index contributed by atoms with van der Waals surface area (Å²) in [4.78, 5) is 11.6. The van der Waals surface area contributed by atoms with Crippen LogP contribution in [0.4, 0.5) is 4.39 Å². The summed E-state index contributed by atoms with van der Waals surface area (Å²) in [5, 5.41) is 3.06. The summed E-state index contributed by atoms with van der Waals surface area (Å²) in [5.74, 6) is -0.361. The average molecular weight is 209 g/mol. The lowest BCUT2D eigenvalue weighted by atomic mass is 10.1. The van der Waals surface area contributed by atoms with Crippen LogP contribution < -0.4 is 5.32 Å². The molecule has 3 heteroatoms. The fraction of sp³-hybridized carbons (Fsp3) is 0.417. The maximum absolute atomic E-state index is 13.0. The molecule has 1 rings (SSSR count). The van der Waals surface area contributed by atoms with Gasteiger partial charge in [-0.2, -0.15) is 0 Å². The molecule has 1 N–H and O–H groups in total. The number of benzene rings is 1. The van der Waals surface area contributed by atoms with Gasteiger partial charge in [0.15, 0.2) is 5.78 Å². The Hall–Kier alpha value is -1.22. The molecule has 0 atom stereocenters. The molecular weight excluding hydrogens is 193 g/mol. The Kier molecular flexibility index (Phi) is 4.43. The predicted molar refractivity (Wildman–Crippen MR) is 58.6 cm³/mol. The largest absolute Gasteiger partial charge is 0.317 e. The third kappa shape index (κ3) is 3.80. The van der Waals surface area contributed by atoms with E-state index in [0.717, 1.165) is 12.1 Å². The number of rotatable bonds is 5. The third-order valence-corrected chi connectivity index (χ3v) is 2.14.